The van der Waals surface area contributed by atoms with Crippen LogP contribution in [0.1, 0.15) is 6.92 Å². The molecule has 2 heteroatoms. The summed E-state index contributed by atoms with van der Waals surface area (Å²) in [5, 5.41) is 6.66. The molecular weight excluding hydrogens is 100 g/mol. The zero-order valence-electron chi connectivity index (χ0n) is 4.81. The molecule has 0 radical (unpaired) electrons. The van der Waals surface area contributed by atoms with Gasteiger partial charge < -0.3 is 5.41 Å². The maximum absolute atomic E-state index is 6.66. The molecule has 0 saturated carbocycles. The van der Waals surface area contributed by atoms with Gasteiger partial charge in [-0.3, -0.25) is 4.99 Å². The molecule has 8 heavy (non-hydrogen) atoms. The van der Waals surface area contributed by atoms with Crippen molar-refractivity contribution in [3.05, 3.63) is 18.5 Å². The third kappa shape index (κ3) is 3.07. The van der Waals surface area contributed by atoms with Crippen molar-refractivity contribution in [1.29, 1.82) is 5.41 Å². The minimum absolute atomic E-state index is 0.654. The van der Waals surface area contributed by atoms with Crippen molar-refractivity contribution >= 4 is 11.9 Å². The number of hydrogen-bond acceptors (Lipinski definition) is 2. The highest BCUT2D eigenvalue weighted by Crippen LogP contribution is 1.72. The Kier molecular flexibility index (Phi) is 3.46. The fourth-order valence-electron chi connectivity index (χ4n) is 0.185. The van der Waals surface area contributed by atoms with Gasteiger partial charge in [-0.25, -0.2) is 0 Å². The number of nitrogens with zero attached hydrogens (tertiary/aromatic N) is 1. The molecule has 2 nitrogen and oxygen atoms in total. The van der Waals surface area contributed by atoms with Gasteiger partial charge in [-0.05, 0) is 6.92 Å². The Labute approximate surface area is 48.8 Å². The van der Waals surface area contributed by atoms with Gasteiger partial charge in [0.15, 0.2) is 0 Å². The van der Waals surface area contributed by atoms with Crippen molar-refractivity contribution in [3.63, 3.8) is 0 Å². The first-order valence-electron chi connectivity index (χ1n) is 2.20. The molecule has 0 atom stereocenters. The van der Waals surface area contributed by atoms with E-state index in [0.717, 1.165) is 0 Å². The van der Waals surface area contributed by atoms with Gasteiger partial charge in [-0.15, -0.1) is 5.73 Å². The molecule has 0 rings (SSSR count). The summed E-state index contributed by atoms with van der Waals surface area (Å²) in [7, 11) is 0. The second kappa shape index (κ2) is 4.03. The number of hydrogen-bond donors (Lipinski definition) is 1. The van der Waals surface area contributed by atoms with Gasteiger partial charge in [-0.1, -0.05) is 6.58 Å². The molecule has 42 valence electrons. The molecule has 0 aromatic heterocycles. The van der Waals surface area contributed by atoms with E-state index in [1.807, 2.05) is 0 Å². The molecular formula is C6H8N2. The second-order valence-corrected chi connectivity index (χ2v) is 1.25. The standard InChI is InChI=1S/C6H8N2/c1-3-4-8-6(2)5-7/h4-5,7H,1H2,2H3. The normalized spacial score (nSPS) is 9.88. The number of aliphatic imine (C=N–C) groups is 1. The molecule has 0 saturated heterocycles. The zero-order valence-corrected chi connectivity index (χ0v) is 4.81. The molecule has 0 bridgehead atoms. The van der Waals surface area contributed by atoms with E-state index >= 15 is 0 Å². The molecule has 0 aliphatic heterocycles. The maximum Gasteiger partial charge on any atom is 0.0684 e. The summed E-state index contributed by atoms with van der Waals surface area (Å²) in [5.74, 6) is 0. The van der Waals surface area contributed by atoms with Crippen LogP contribution in [0.25, 0.3) is 0 Å². The average molecular weight is 108 g/mol. The van der Waals surface area contributed by atoms with Gasteiger partial charge in [0.1, 0.15) is 0 Å². The molecule has 1 N–H and O–H groups in total. The minimum Gasteiger partial charge on any atom is -0.307 e. The summed E-state index contributed by atoms with van der Waals surface area (Å²) in [4.78, 5) is 3.74. The Morgan fingerprint density at radius 1 is 1.88 bits per heavy atom. The topological polar surface area (TPSA) is 36.2 Å². The number of rotatable bonds is 2. The second-order valence-electron chi connectivity index (χ2n) is 1.25. The lowest BCUT2D eigenvalue weighted by Crippen LogP contribution is -1.87. The lowest BCUT2D eigenvalue weighted by Gasteiger charge is -1.78. The van der Waals surface area contributed by atoms with Crippen molar-refractivity contribution < 1.29 is 0 Å². The van der Waals surface area contributed by atoms with Gasteiger partial charge in [0, 0.05) is 6.21 Å². The van der Waals surface area contributed by atoms with E-state index in [9.17, 15) is 0 Å². The Hall–Kier alpha value is -1.14. The smallest absolute Gasteiger partial charge is 0.0684 e. The summed E-state index contributed by atoms with van der Waals surface area (Å²) < 4.78 is 0. The first-order chi connectivity index (χ1) is 3.81. The Bertz CT molecular complexity index is 150. The van der Waals surface area contributed by atoms with Crippen LogP contribution in [-0.2, 0) is 0 Å². The van der Waals surface area contributed by atoms with E-state index in [-0.39, 0.29) is 0 Å². The van der Waals surface area contributed by atoms with Gasteiger partial charge in [0.2, 0.25) is 0 Å². The summed E-state index contributed by atoms with van der Waals surface area (Å²) in [6, 6.07) is 0. The molecule has 0 heterocycles. The van der Waals surface area contributed by atoms with Gasteiger partial charge in [0.25, 0.3) is 0 Å². The lowest BCUT2D eigenvalue weighted by molar-refractivity contribution is 1.53. The van der Waals surface area contributed by atoms with Crippen LogP contribution in [0.3, 0.4) is 0 Å². The first-order valence-corrected chi connectivity index (χ1v) is 2.20. The third-order valence-corrected chi connectivity index (χ3v) is 0.568. The highest BCUT2D eigenvalue weighted by Gasteiger charge is 1.73. The van der Waals surface area contributed by atoms with Crippen LogP contribution in [0, 0.1) is 5.41 Å². The molecule has 0 amide bonds. The van der Waals surface area contributed by atoms with E-state index in [4.69, 9.17) is 5.41 Å². The molecule has 0 unspecified atom stereocenters. The molecule has 0 aromatic carbocycles. The van der Waals surface area contributed by atoms with Gasteiger partial charge in [0.05, 0.1) is 11.9 Å². The van der Waals surface area contributed by atoms with E-state index in [1.165, 1.54) is 12.4 Å². The van der Waals surface area contributed by atoms with Crippen LogP contribution < -0.4 is 0 Å². The van der Waals surface area contributed by atoms with Crippen LogP contribution in [0.4, 0.5) is 0 Å². The van der Waals surface area contributed by atoms with Crippen LogP contribution in [0.2, 0.25) is 0 Å². The SMILES string of the molecule is C=C=CN=C(C)C=N. The largest absolute Gasteiger partial charge is 0.307 e. The van der Waals surface area contributed by atoms with Gasteiger partial charge >= 0.3 is 0 Å². The van der Waals surface area contributed by atoms with E-state index in [1.54, 1.807) is 6.92 Å². The Balaban J connectivity index is 3.93. The quantitative estimate of drug-likeness (QED) is 0.410. The lowest BCUT2D eigenvalue weighted by atomic mass is 10.5. The summed E-state index contributed by atoms with van der Waals surface area (Å²) in [6.45, 7) is 5.04. The molecule has 0 aromatic rings. The van der Waals surface area contributed by atoms with E-state index in [0.29, 0.717) is 5.71 Å². The van der Waals surface area contributed by atoms with Crippen molar-refractivity contribution in [2.45, 2.75) is 6.92 Å². The highest BCUT2D eigenvalue weighted by molar-refractivity contribution is 6.28. The van der Waals surface area contributed by atoms with Crippen LogP contribution >= 0.6 is 0 Å². The summed E-state index contributed by atoms with van der Waals surface area (Å²) in [6.07, 6.45) is 2.61. The van der Waals surface area contributed by atoms with Crippen molar-refractivity contribution in [3.8, 4) is 0 Å². The fraction of sp³-hybridized carbons (Fsp3) is 0.167. The molecule has 0 aliphatic rings. The summed E-state index contributed by atoms with van der Waals surface area (Å²) >= 11 is 0. The van der Waals surface area contributed by atoms with Crippen molar-refractivity contribution in [2.24, 2.45) is 4.99 Å². The van der Waals surface area contributed by atoms with Crippen molar-refractivity contribution in [1.82, 2.24) is 0 Å². The maximum atomic E-state index is 6.66. The third-order valence-electron chi connectivity index (χ3n) is 0.568. The summed E-state index contributed by atoms with van der Waals surface area (Å²) in [5.41, 5.74) is 3.12. The average Bonchev–Trinajstić information content (AvgIpc) is 1.83. The van der Waals surface area contributed by atoms with Crippen LogP contribution in [-0.4, -0.2) is 11.9 Å². The predicted molar refractivity (Wildman–Crippen MR) is 35.6 cm³/mol. The highest BCUT2D eigenvalue weighted by atomic mass is 14.7. The first kappa shape index (κ1) is 6.86. The Morgan fingerprint density at radius 2 is 2.50 bits per heavy atom. The fourth-order valence-corrected chi connectivity index (χ4v) is 0.185. The van der Waals surface area contributed by atoms with E-state index in [2.05, 4.69) is 17.3 Å². The van der Waals surface area contributed by atoms with Crippen LogP contribution in [0.5, 0.6) is 0 Å². The molecule has 0 fully saturated rings. The van der Waals surface area contributed by atoms with Crippen molar-refractivity contribution in [2.75, 3.05) is 0 Å². The molecule has 0 aliphatic carbocycles. The van der Waals surface area contributed by atoms with E-state index < -0.39 is 0 Å². The zero-order chi connectivity index (χ0) is 6.41. The number of nitrogens with one attached hydrogen (secondary N) is 1. The predicted octanol–water partition coefficient (Wildman–Crippen LogP) is 1.40. The Morgan fingerprint density at radius 3 is 2.88 bits per heavy atom. The van der Waals surface area contributed by atoms with Gasteiger partial charge in [-0.2, -0.15) is 0 Å². The minimum atomic E-state index is 0.654. The van der Waals surface area contributed by atoms with Crippen LogP contribution in [0.15, 0.2) is 23.5 Å². The molecule has 0 spiro atoms. The monoisotopic (exact) mass is 108 g/mol.